The summed E-state index contributed by atoms with van der Waals surface area (Å²) in [6.45, 7) is 4.47. The first-order valence-electron chi connectivity index (χ1n) is 7.58. The third-order valence-corrected chi connectivity index (χ3v) is 4.36. The maximum Gasteiger partial charge on any atom is 0.227 e. The number of likely N-dealkylation sites (tertiary alicyclic amines) is 1. The number of amides is 1. The van der Waals surface area contributed by atoms with Crippen LogP contribution in [-0.2, 0) is 4.79 Å². The predicted octanol–water partition coefficient (Wildman–Crippen LogP) is 2.16. The molecule has 0 radical (unpaired) electrons. The number of hydrogen-bond acceptors (Lipinski definition) is 3. The van der Waals surface area contributed by atoms with Crippen molar-refractivity contribution in [1.29, 1.82) is 0 Å². The lowest BCUT2D eigenvalue weighted by Crippen LogP contribution is -2.38. The smallest absolute Gasteiger partial charge is 0.227 e. The second kappa shape index (κ2) is 6.20. The van der Waals surface area contributed by atoms with E-state index in [0.717, 1.165) is 48.1 Å². The molecule has 2 heterocycles. The number of hydrogen-bond donors (Lipinski definition) is 2. The fourth-order valence-corrected chi connectivity index (χ4v) is 2.99. The lowest BCUT2D eigenvalue weighted by molar-refractivity contribution is -0.121. The molecule has 0 spiro atoms. The molecule has 2 aromatic rings. The molecule has 1 aromatic carbocycles. The minimum atomic E-state index is 0.0494. The molecule has 0 unspecified atom stereocenters. The number of rotatable bonds is 3. The Hall–Kier alpha value is -2.32. The highest BCUT2D eigenvalue weighted by Crippen LogP contribution is 2.26. The van der Waals surface area contributed by atoms with E-state index in [4.69, 9.17) is 6.42 Å². The number of aromatic amines is 1. The highest BCUT2D eigenvalue weighted by molar-refractivity contribution is 6.01. The van der Waals surface area contributed by atoms with E-state index in [1.807, 2.05) is 19.1 Å². The summed E-state index contributed by atoms with van der Waals surface area (Å²) in [4.78, 5) is 14.7. The van der Waals surface area contributed by atoms with Gasteiger partial charge in [0.05, 0.1) is 23.9 Å². The van der Waals surface area contributed by atoms with Gasteiger partial charge in [0.1, 0.15) is 0 Å². The number of aromatic nitrogens is 2. The number of benzene rings is 1. The number of carbonyl (C=O) groups is 1. The third-order valence-electron chi connectivity index (χ3n) is 4.36. The molecule has 2 N–H and O–H groups in total. The van der Waals surface area contributed by atoms with Gasteiger partial charge in [-0.05, 0) is 44.5 Å². The minimum absolute atomic E-state index is 0.0494. The van der Waals surface area contributed by atoms with Crippen molar-refractivity contribution in [2.45, 2.75) is 19.8 Å². The molecule has 1 amide bonds. The third kappa shape index (κ3) is 2.83. The fourth-order valence-electron chi connectivity index (χ4n) is 2.99. The number of terminal acetylenes is 1. The van der Waals surface area contributed by atoms with Crippen LogP contribution in [0.3, 0.4) is 0 Å². The van der Waals surface area contributed by atoms with Gasteiger partial charge in [-0.25, -0.2) is 0 Å². The Kier molecular flexibility index (Phi) is 4.12. The zero-order valence-electron chi connectivity index (χ0n) is 12.7. The van der Waals surface area contributed by atoms with E-state index in [-0.39, 0.29) is 11.8 Å². The Labute approximate surface area is 130 Å². The molecule has 114 valence electrons. The second-order valence-corrected chi connectivity index (χ2v) is 5.83. The minimum Gasteiger partial charge on any atom is -0.324 e. The van der Waals surface area contributed by atoms with E-state index in [2.05, 4.69) is 26.3 Å². The van der Waals surface area contributed by atoms with Gasteiger partial charge in [-0.3, -0.25) is 14.8 Å². The number of nitrogens with zero attached hydrogens (tertiary/aromatic N) is 2. The van der Waals surface area contributed by atoms with Crippen LogP contribution in [0.5, 0.6) is 0 Å². The highest BCUT2D eigenvalue weighted by atomic mass is 16.1. The molecule has 5 nitrogen and oxygen atoms in total. The fraction of sp³-hybridized carbons (Fsp3) is 0.412. The number of nitrogens with one attached hydrogen (secondary N) is 2. The molecule has 3 rings (SSSR count). The van der Waals surface area contributed by atoms with Crippen molar-refractivity contribution in [3.8, 4) is 12.3 Å². The lowest BCUT2D eigenvalue weighted by atomic mass is 9.95. The Morgan fingerprint density at radius 2 is 2.27 bits per heavy atom. The summed E-state index contributed by atoms with van der Waals surface area (Å²) < 4.78 is 0. The SMILES string of the molecule is C#CCN1CCC(C(=O)Nc2ccc(C)c3cn[nH]c23)CC1. The van der Waals surface area contributed by atoms with Crippen molar-refractivity contribution < 1.29 is 4.79 Å². The molecule has 0 saturated carbocycles. The Balaban J connectivity index is 1.68. The van der Waals surface area contributed by atoms with Crippen molar-refractivity contribution in [2.24, 2.45) is 5.92 Å². The second-order valence-electron chi connectivity index (χ2n) is 5.83. The molecule has 22 heavy (non-hydrogen) atoms. The molecular weight excluding hydrogens is 276 g/mol. The van der Waals surface area contributed by atoms with E-state index in [1.54, 1.807) is 6.20 Å². The summed E-state index contributed by atoms with van der Waals surface area (Å²) in [6.07, 6.45) is 8.83. The first kappa shape index (κ1) is 14.6. The molecule has 0 bridgehead atoms. The summed E-state index contributed by atoms with van der Waals surface area (Å²) in [5.74, 6) is 2.79. The molecule has 1 aliphatic heterocycles. The van der Waals surface area contributed by atoms with Crippen LogP contribution >= 0.6 is 0 Å². The average Bonchev–Trinajstić information content (AvgIpc) is 3.02. The van der Waals surface area contributed by atoms with Gasteiger partial charge in [0.15, 0.2) is 0 Å². The normalized spacial score (nSPS) is 16.5. The molecule has 0 atom stereocenters. The zero-order valence-corrected chi connectivity index (χ0v) is 12.7. The van der Waals surface area contributed by atoms with Crippen LogP contribution in [0.25, 0.3) is 10.9 Å². The topological polar surface area (TPSA) is 61.0 Å². The van der Waals surface area contributed by atoms with Gasteiger partial charge in [0, 0.05) is 11.3 Å². The Morgan fingerprint density at radius 1 is 1.50 bits per heavy atom. The summed E-state index contributed by atoms with van der Waals surface area (Å²) >= 11 is 0. The van der Waals surface area contributed by atoms with Crippen molar-refractivity contribution in [3.05, 3.63) is 23.9 Å². The van der Waals surface area contributed by atoms with Crippen molar-refractivity contribution in [1.82, 2.24) is 15.1 Å². The van der Waals surface area contributed by atoms with Gasteiger partial charge < -0.3 is 5.32 Å². The maximum absolute atomic E-state index is 12.5. The number of fused-ring (bicyclic) bond motifs is 1. The van der Waals surface area contributed by atoms with Crippen molar-refractivity contribution in [2.75, 3.05) is 25.0 Å². The van der Waals surface area contributed by atoms with Crippen molar-refractivity contribution in [3.63, 3.8) is 0 Å². The molecule has 1 saturated heterocycles. The van der Waals surface area contributed by atoms with Crippen LogP contribution in [0.1, 0.15) is 18.4 Å². The van der Waals surface area contributed by atoms with Gasteiger partial charge in [-0.2, -0.15) is 5.10 Å². The highest BCUT2D eigenvalue weighted by Gasteiger charge is 2.25. The quantitative estimate of drug-likeness (QED) is 0.853. The zero-order chi connectivity index (χ0) is 15.5. The lowest BCUT2D eigenvalue weighted by Gasteiger charge is -2.29. The summed E-state index contributed by atoms with van der Waals surface area (Å²) in [6, 6.07) is 3.93. The van der Waals surface area contributed by atoms with Gasteiger partial charge >= 0.3 is 0 Å². The maximum atomic E-state index is 12.5. The van der Waals surface area contributed by atoms with Crippen LogP contribution in [0.4, 0.5) is 5.69 Å². The van der Waals surface area contributed by atoms with Gasteiger partial charge in [-0.15, -0.1) is 6.42 Å². The number of H-pyrrole nitrogens is 1. The molecular formula is C17H20N4O. The Bertz CT molecular complexity index is 720. The molecule has 0 aliphatic carbocycles. The number of carbonyl (C=O) groups excluding carboxylic acids is 1. The van der Waals surface area contributed by atoms with E-state index in [0.29, 0.717) is 6.54 Å². The first-order chi connectivity index (χ1) is 10.7. The largest absolute Gasteiger partial charge is 0.324 e. The van der Waals surface area contributed by atoms with Crippen LogP contribution in [0, 0.1) is 25.2 Å². The van der Waals surface area contributed by atoms with E-state index >= 15 is 0 Å². The number of aryl methyl sites for hydroxylation is 1. The summed E-state index contributed by atoms with van der Waals surface area (Å²) in [5, 5.41) is 11.1. The van der Waals surface area contributed by atoms with Gasteiger partial charge in [0.25, 0.3) is 0 Å². The Morgan fingerprint density at radius 3 is 3.00 bits per heavy atom. The van der Waals surface area contributed by atoms with E-state index in [1.165, 1.54) is 0 Å². The predicted molar refractivity (Wildman–Crippen MR) is 87.5 cm³/mol. The number of piperidine rings is 1. The van der Waals surface area contributed by atoms with E-state index < -0.39 is 0 Å². The monoisotopic (exact) mass is 296 g/mol. The first-order valence-corrected chi connectivity index (χ1v) is 7.58. The standard InChI is InChI=1S/C17H20N4O/c1-3-8-21-9-6-13(7-10-21)17(22)19-15-5-4-12(2)14-11-18-20-16(14)15/h1,4-5,11,13H,6-10H2,2H3,(H,18,20)(H,19,22). The summed E-state index contributed by atoms with van der Waals surface area (Å²) in [7, 11) is 0. The van der Waals surface area contributed by atoms with E-state index in [9.17, 15) is 4.79 Å². The molecule has 1 aromatic heterocycles. The van der Waals surface area contributed by atoms with Gasteiger partial charge in [0.2, 0.25) is 5.91 Å². The van der Waals surface area contributed by atoms with Crippen LogP contribution in [0.15, 0.2) is 18.3 Å². The van der Waals surface area contributed by atoms with Gasteiger partial charge in [-0.1, -0.05) is 12.0 Å². The molecule has 1 aliphatic rings. The summed E-state index contributed by atoms with van der Waals surface area (Å²) in [5.41, 5.74) is 2.83. The molecule has 5 heteroatoms. The van der Waals surface area contributed by atoms with Crippen LogP contribution in [0.2, 0.25) is 0 Å². The number of anilines is 1. The molecule has 1 fully saturated rings. The average molecular weight is 296 g/mol. The van der Waals surface area contributed by atoms with Crippen LogP contribution < -0.4 is 5.32 Å². The van der Waals surface area contributed by atoms with Crippen LogP contribution in [-0.4, -0.2) is 40.6 Å². The van der Waals surface area contributed by atoms with Crippen molar-refractivity contribution >= 4 is 22.5 Å².